The van der Waals surface area contributed by atoms with Crippen LogP contribution in [0.2, 0.25) is 0 Å². The highest BCUT2D eigenvalue weighted by Crippen LogP contribution is 2.21. The van der Waals surface area contributed by atoms with Crippen LogP contribution in [0.15, 0.2) is 24.3 Å². The van der Waals surface area contributed by atoms with E-state index in [0.29, 0.717) is 12.6 Å². The molecular weight excluding hydrogens is 216 g/mol. The van der Waals surface area contributed by atoms with Crippen LogP contribution in [0.25, 0.3) is 0 Å². The molecule has 2 rings (SSSR count). The Morgan fingerprint density at radius 2 is 2.00 bits per heavy atom. The molecule has 0 saturated carbocycles. The number of benzene rings is 1. The molecule has 0 aliphatic heterocycles. The minimum atomic E-state index is -0.418. The maximum absolute atomic E-state index is 10.4. The van der Waals surface area contributed by atoms with Gasteiger partial charge in [-0.3, -0.25) is 4.79 Å². The summed E-state index contributed by atoms with van der Waals surface area (Å²) >= 11 is 0. The number of primary amides is 1. The van der Waals surface area contributed by atoms with Crippen molar-refractivity contribution in [2.45, 2.75) is 18.9 Å². The number of nitrogens with one attached hydrogen (secondary N) is 1. The van der Waals surface area contributed by atoms with Gasteiger partial charge in [0.2, 0.25) is 5.91 Å². The van der Waals surface area contributed by atoms with Crippen LogP contribution in [0.4, 0.5) is 0 Å². The third-order valence-corrected chi connectivity index (χ3v) is 2.97. The molecule has 92 valence electrons. The molecule has 17 heavy (non-hydrogen) atoms. The van der Waals surface area contributed by atoms with E-state index in [0.717, 1.165) is 19.4 Å². The third-order valence-electron chi connectivity index (χ3n) is 2.97. The van der Waals surface area contributed by atoms with Crippen LogP contribution in [0.5, 0.6) is 0 Å². The molecule has 0 saturated heterocycles. The summed E-state index contributed by atoms with van der Waals surface area (Å²) in [4.78, 5) is 10.4. The molecule has 0 radical (unpaired) electrons. The van der Waals surface area contributed by atoms with E-state index in [1.165, 1.54) is 11.1 Å². The van der Waals surface area contributed by atoms with E-state index in [9.17, 15) is 4.79 Å². The van der Waals surface area contributed by atoms with Crippen LogP contribution in [-0.4, -0.2) is 31.7 Å². The fraction of sp³-hybridized carbons (Fsp3) is 0.462. The van der Waals surface area contributed by atoms with Crippen molar-refractivity contribution in [3.63, 3.8) is 0 Å². The summed E-state index contributed by atoms with van der Waals surface area (Å²) in [7, 11) is 0. The van der Waals surface area contributed by atoms with Gasteiger partial charge in [-0.05, 0) is 24.0 Å². The molecule has 0 spiro atoms. The summed E-state index contributed by atoms with van der Waals surface area (Å²) in [5, 5.41) is 3.43. The van der Waals surface area contributed by atoms with Gasteiger partial charge in [0.15, 0.2) is 0 Å². The van der Waals surface area contributed by atoms with Gasteiger partial charge >= 0.3 is 0 Å². The van der Waals surface area contributed by atoms with Crippen molar-refractivity contribution in [1.29, 1.82) is 0 Å². The average molecular weight is 234 g/mol. The molecule has 0 fully saturated rings. The summed E-state index contributed by atoms with van der Waals surface area (Å²) in [5.41, 5.74) is 7.84. The Labute approximate surface area is 101 Å². The Balaban J connectivity index is 1.65. The molecule has 0 atom stereocenters. The van der Waals surface area contributed by atoms with E-state index in [2.05, 4.69) is 29.6 Å². The van der Waals surface area contributed by atoms with Crippen molar-refractivity contribution >= 4 is 5.91 Å². The number of amides is 1. The molecule has 1 aromatic rings. The predicted molar refractivity (Wildman–Crippen MR) is 65.7 cm³/mol. The summed E-state index contributed by atoms with van der Waals surface area (Å²) in [5.74, 6) is -0.418. The van der Waals surface area contributed by atoms with Gasteiger partial charge in [0.25, 0.3) is 0 Å². The molecule has 0 bridgehead atoms. The molecule has 0 aromatic heterocycles. The van der Waals surface area contributed by atoms with E-state index >= 15 is 0 Å². The number of hydrogen-bond donors (Lipinski definition) is 2. The highest BCUT2D eigenvalue weighted by Gasteiger charge is 2.19. The minimum Gasteiger partial charge on any atom is -0.370 e. The largest absolute Gasteiger partial charge is 0.370 e. The minimum absolute atomic E-state index is 0.00652. The van der Waals surface area contributed by atoms with E-state index in [4.69, 9.17) is 10.5 Å². The van der Waals surface area contributed by atoms with Crippen LogP contribution in [-0.2, 0) is 22.4 Å². The number of hydrogen-bond acceptors (Lipinski definition) is 3. The van der Waals surface area contributed by atoms with Crippen molar-refractivity contribution in [2.24, 2.45) is 5.73 Å². The molecule has 3 N–H and O–H groups in total. The molecule has 1 aliphatic rings. The SMILES string of the molecule is NC(=O)COCCNC1Cc2ccccc2C1. The van der Waals surface area contributed by atoms with Gasteiger partial charge in [0.1, 0.15) is 6.61 Å². The van der Waals surface area contributed by atoms with Crippen molar-refractivity contribution < 1.29 is 9.53 Å². The second-order valence-corrected chi connectivity index (χ2v) is 4.35. The van der Waals surface area contributed by atoms with Crippen LogP contribution in [0, 0.1) is 0 Å². The lowest BCUT2D eigenvalue weighted by molar-refractivity contribution is -0.122. The first kappa shape index (κ1) is 12.1. The van der Waals surface area contributed by atoms with Gasteiger partial charge in [0, 0.05) is 12.6 Å². The molecule has 1 aliphatic carbocycles. The molecule has 0 heterocycles. The first-order chi connectivity index (χ1) is 8.25. The number of carbonyl (C=O) groups excluding carboxylic acids is 1. The average Bonchev–Trinajstić information content (AvgIpc) is 2.70. The molecule has 4 nitrogen and oxygen atoms in total. The highest BCUT2D eigenvalue weighted by molar-refractivity contribution is 5.74. The molecule has 1 aromatic carbocycles. The maximum Gasteiger partial charge on any atom is 0.243 e. The highest BCUT2D eigenvalue weighted by atomic mass is 16.5. The second kappa shape index (κ2) is 5.80. The first-order valence-corrected chi connectivity index (χ1v) is 5.92. The van der Waals surface area contributed by atoms with Gasteiger partial charge < -0.3 is 15.8 Å². The Morgan fingerprint density at radius 1 is 1.35 bits per heavy atom. The van der Waals surface area contributed by atoms with Crippen molar-refractivity contribution in [2.75, 3.05) is 19.8 Å². The van der Waals surface area contributed by atoms with Crippen LogP contribution in [0.1, 0.15) is 11.1 Å². The van der Waals surface area contributed by atoms with E-state index in [1.54, 1.807) is 0 Å². The fourth-order valence-electron chi connectivity index (χ4n) is 2.21. The van der Waals surface area contributed by atoms with Crippen molar-refractivity contribution in [3.8, 4) is 0 Å². The normalized spacial score (nSPS) is 14.8. The van der Waals surface area contributed by atoms with E-state index < -0.39 is 5.91 Å². The van der Waals surface area contributed by atoms with Crippen LogP contribution >= 0.6 is 0 Å². The predicted octanol–water partition coefficient (Wildman–Crippen LogP) is 0.245. The lowest BCUT2D eigenvalue weighted by atomic mass is 10.1. The number of nitrogens with two attached hydrogens (primary N) is 1. The number of carbonyl (C=O) groups is 1. The molecule has 4 heteroatoms. The van der Waals surface area contributed by atoms with Crippen LogP contribution in [0.3, 0.4) is 0 Å². The van der Waals surface area contributed by atoms with Gasteiger partial charge in [-0.1, -0.05) is 24.3 Å². The van der Waals surface area contributed by atoms with Gasteiger partial charge in [0.05, 0.1) is 6.61 Å². The zero-order valence-corrected chi connectivity index (χ0v) is 9.82. The number of ether oxygens (including phenoxy) is 1. The lowest BCUT2D eigenvalue weighted by Gasteiger charge is -2.11. The van der Waals surface area contributed by atoms with E-state index in [-0.39, 0.29) is 6.61 Å². The second-order valence-electron chi connectivity index (χ2n) is 4.35. The summed E-state index contributed by atoms with van der Waals surface area (Å²) < 4.78 is 5.09. The fourth-order valence-corrected chi connectivity index (χ4v) is 2.21. The van der Waals surface area contributed by atoms with E-state index in [1.807, 2.05) is 0 Å². The number of fused-ring (bicyclic) bond motifs is 1. The van der Waals surface area contributed by atoms with Gasteiger partial charge in [-0.15, -0.1) is 0 Å². The maximum atomic E-state index is 10.4. The Bertz CT molecular complexity index is 368. The summed E-state index contributed by atoms with van der Waals surface area (Å²) in [6.45, 7) is 1.29. The van der Waals surface area contributed by atoms with Crippen LogP contribution < -0.4 is 11.1 Å². The summed E-state index contributed by atoms with van der Waals surface area (Å²) in [6, 6.07) is 9.01. The summed E-state index contributed by atoms with van der Waals surface area (Å²) in [6.07, 6.45) is 2.15. The quantitative estimate of drug-likeness (QED) is 0.693. The molecule has 1 amide bonds. The first-order valence-electron chi connectivity index (χ1n) is 5.92. The Morgan fingerprint density at radius 3 is 2.59 bits per heavy atom. The zero-order chi connectivity index (χ0) is 12.1. The molecule has 0 unspecified atom stereocenters. The Kier molecular flexibility index (Phi) is 4.12. The topological polar surface area (TPSA) is 64.4 Å². The zero-order valence-electron chi connectivity index (χ0n) is 9.82. The smallest absolute Gasteiger partial charge is 0.243 e. The van der Waals surface area contributed by atoms with Crippen molar-refractivity contribution in [1.82, 2.24) is 5.32 Å². The lowest BCUT2D eigenvalue weighted by Crippen LogP contribution is -2.33. The monoisotopic (exact) mass is 234 g/mol. The number of rotatable bonds is 6. The van der Waals surface area contributed by atoms with Gasteiger partial charge in [-0.25, -0.2) is 0 Å². The van der Waals surface area contributed by atoms with Gasteiger partial charge in [-0.2, -0.15) is 0 Å². The molecular formula is C13H18N2O2. The van der Waals surface area contributed by atoms with Crippen molar-refractivity contribution in [3.05, 3.63) is 35.4 Å². The standard InChI is InChI=1S/C13H18N2O2/c14-13(16)9-17-6-5-15-12-7-10-3-1-2-4-11(10)8-12/h1-4,12,15H,5-9H2,(H2,14,16). The third kappa shape index (κ3) is 3.54. The Hall–Kier alpha value is -1.39.